The number of hydrogen-bond acceptors (Lipinski definition) is 13. The number of methoxy groups -OCH3 is 1. The van der Waals surface area contributed by atoms with Crippen LogP contribution in [0.5, 0.6) is 28.7 Å². The van der Waals surface area contributed by atoms with Crippen molar-refractivity contribution in [1.29, 1.82) is 0 Å². The van der Waals surface area contributed by atoms with Crippen LogP contribution >= 0.6 is 11.8 Å². The SMILES string of the molecule is COc1c(C)cc2c(c1O)[C@H]1N[C@@H](C2)[C@H](O)N2C1[C@@H]1SCC(NC(C)=O)C(=O)OC[C@@H]2c2c3c(c(C)c(OC(C)=O)c21)OCO3. The van der Waals surface area contributed by atoms with Gasteiger partial charge in [0.1, 0.15) is 24.6 Å². The summed E-state index contributed by atoms with van der Waals surface area (Å²) in [6, 6.07) is -1.21. The summed E-state index contributed by atoms with van der Waals surface area (Å²) in [5.41, 5.74) is 4.16. The summed E-state index contributed by atoms with van der Waals surface area (Å²) in [5, 5.41) is 29.4. The Labute approximate surface area is 263 Å². The number of aliphatic hydroxyl groups excluding tert-OH is 1. The fraction of sp³-hybridized carbons (Fsp3) is 0.516. The molecule has 0 aliphatic carbocycles. The molecule has 2 aromatic carbocycles. The van der Waals surface area contributed by atoms with E-state index in [4.69, 9.17) is 23.7 Å². The number of aryl methyl sites for hydroxylation is 1. The summed E-state index contributed by atoms with van der Waals surface area (Å²) in [4.78, 5) is 39.8. The number of benzene rings is 2. The molecule has 240 valence electrons. The van der Waals surface area contributed by atoms with Crippen LogP contribution in [0.15, 0.2) is 6.07 Å². The van der Waals surface area contributed by atoms with E-state index in [-0.39, 0.29) is 30.8 Å². The van der Waals surface area contributed by atoms with Crippen LogP contribution in [-0.2, 0) is 25.5 Å². The number of phenolic OH excluding ortho intramolecular Hbond substituents is 1. The average Bonchev–Trinajstić information content (AvgIpc) is 3.48. The molecule has 4 N–H and O–H groups in total. The number of fused-ring (bicyclic) bond motifs is 9. The molecule has 2 saturated heterocycles. The lowest BCUT2D eigenvalue weighted by atomic mass is 9.74. The van der Waals surface area contributed by atoms with E-state index in [1.165, 1.54) is 32.7 Å². The predicted octanol–water partition coefficient (Wildman–Crippen LogP) is 1.82. The Morgan fingerprint density at radius 3 is 2.58 bits per heavy atom. The molecule has 4 bridgehead atoms. The maximum absolute atomic E-state index is 13.3. The van der Waals surface area contributed by atoms with E-state index >= 15 is 0 Å². The van der Waals surface area contributed by atoms with E-state index in [1.807, 2.05) is 17.9 Å². The molecular weight excluding hydrogens is 606 g/mol. The van der Waals surface area contributed by atoms with E-state index in [0.29, 0.717) is 51.7 Å². The van der Waals surface area contributed by atoms with Gasteiger partial charge in [0.2, 0.25) is 12.7 Å². The minimum Gasteiger partial charge on any atom is -0.504 e. The standard InChI is InChI=1S/C31H35N3O10S/c1-11-6-15-7-16-30(38)34-18-8-41-31(39)17(32-13(3)35)9-45-29(23(34)22(33-16)19(15)24(37)25(11)40-5)21-20(18)28-27(42-10-43-28)12(2)26(21)44-14(4)36/h6,16-18,22-23,29-30,33,37-38H,7-10H2,1-5H3,(H,32,35)/t16-,17?,18+,22+,23?,29+,30-/m0/s1. The molecule has 2 unspecified atom stereocenters. The number of cyclic esters (lactones) is 1. The molecule has 0 spiro atoms. The molecule has 14 heteroatoms. The van der Waals surface area contributed by atoms with Crippen LogP contribution in [0.2, 0.25) is 0 Å². The van der Waals surface area contributed by atoms with Crippen LogP contribution < -0.4 is 29.6 Å². The second-order valence-electron chi connectivity index (χ2n) is 12.0. The third kappa shape index (κ3) is 4.52. The summed E-state index contributed by atoms with van der Waals surface area (Å²) in [7, 11) is 1.51. The third-order valence-corrected chi connectivity index (χ3v) is 10.8. The number of rotatable bonds is 3. The number of amides is 1. The van der Waals surface area contributed by atoms with E-state index < -0.39 is 53.6 Å². The Balaban J connectivity index is 1.50. The molecule has 5 aliphatic heterocycles. The lowest BCUT2D eigenvalue weighted by molar-refractivity contribution is -0.160. The van der Waals surface area contributed by atoms with Gasteiger partial charge in [0, 0.05) is 47.9 Å². The van der Waals surface area contributed by atoms with Gasteiger partial charge in [-0.05, 0) is 31.4 Å². The van der Waals surface area contributed by atoms with Gasteiger partial charge in [-0.15, -0.1) is 11.8 Å². The van der Waals surface area contributed by atoms with Gasteiger partial charge in [-0.2, -0.15) is 0 Å². The highest BCUT2D eigenvalue weighted by Gasteiger charge is 2.58. The maximum atomic E-state index is 13.3. The van der Waals surface area contributed by atoms with Gasteiger partial charge >= 0.3 is 11.9 Å². The molecule has 45 heavy (non-hydrogen) atoms. The van der Waals surface area contributed by atoms with Gasteiger partial charge in [0.15, 0.2) is 23.0 Å². The van der Waals surface area contributed by atoms with E-state index in [1.54, 1.807) is 6.92 Å². The molecule has 5 aliphatic rings. The Kier molecular flexibility index (Phi) is 7.30. The Hall–Kier alpha value is -3.72. The number of aromatic hydroxyl groups is 1. The quantitative estimate of drug-likeness (QED) is 0.284. The number of esters is 2. The highest BCUT2D eigenvalue weighted by molar-refractivity contribution is 7.99. The Morgan fingerprint density at radius 2 is 1.87 bits per heavy atom. The minimum absolute atomic E-state index is 0.0163. The Bertz CT molecular complexity index is 1630. The largest absolute Gasteiger partial charge is 0.504 e. The second kappa shape index (κ2) is 11.0. The first-order valence-corrected chi connectivity index (χ1v) is 15.9. The number of carbonyl (C=O) groups is 3. The normalized spacial score (nSPS) is 29.6. The number of thioether (sulfide) groups is 1. The number of carbonyl (C=O) groups excluding carboxylic acids is 3. The van der Waals surface area contributed by atoms with Crippen molar-refractivity contribution >= 4 is 29.6 Å². The lowest BCUT2D eigenvalue weighted by Gasteiger charge is -2.59. The smallest absolute Gasteiger partial charge is 0.329 e. The first-order chi connectivity index (χ1) is 21.5. The summed E-state index contributed by atoms with van der Waals surface area (Å²) >= 11 is 1.37. The van der Waals surface area contributed by atoms with Gasteiger partial charge in [0.25, 0.3) is 0 Å². The number of nitrogens with zero attached hydrogens (tertiary/aromatic N) is 1. The van der Waals surface area contributed by atoms with Crippen LogP contribution in [-0.4, -0.2) is 83.6 Å². The first-order valence-electron chi connectivity index (χ1n) is 14.8. The molecule has 2 aromatic rings. The molecule has 0 aromatic heterocycles. The molecule has 7 atom stereocenters. The van der Waals surface area contributed by atoms with Gasteiger partial charge in [-0.3, -0.25) is 14.5 Å². The van der Waals surface area contributed by atoms with Crippen molar-refractivity contribution in [3.63, 3.8) is 0 Å². The zero-order valence-electron chi connectivity index (χ0n) is 25.5. The fourth-order valence-electron chi connectivity index (χ4n) is 7.73. The maximum Gasteiger partial charge on any atom is 0.329 e. The summed E-state index contributed by atoms with van der Waals surface area (Å²) in [6.07, 6.45) is -0.605. The number of hydrogen-bond donors (Lipinski definition) is 4. The number of nitrogens with one attached hydrogen (secondary N) is 2. The number of phenols is 1. The first kappa shape index (κ1) is 30.0. The van der Waals surface area contributed by atoms with Gasteiger partial charge in [0.05, 0.1) is 30.5 Å². The number of aliphatic hydroxyl groups is 1. The average molecular weight is 642 g/mol. The lowest BCUT2D eigenvalue weighted by Crippen LogP contribution is -2.69. The molecule has 0 radical (unpaired) electrons. The summed E-state index contributed by atoms with van der Waals surface area (Å²) < 4.78 is 29.3. The highest BCUT2D eigenvalue weighted by Crippen LogP contribution is 2.62. The van der Waals surface area contributed by atoms with Crippen molar-refractivity contribution < 1.29 is 48.3 Å². The Morgan fingerprint density at radius 1 is 1.11 bits per heavy atom. The summed E-state index contributed by atoms with van der Waals surface area (Å²) in [6.45, 7) is 6.07. The highest BCUT2D eigenvalue weighted by atomic mass is 32.2. The molecule has 5 heterocycles. The minimum atomic E-state index is -1.04. The molecule has 7 rings (SSSR count). The topological polar surface area (TPSA) is 165 Å². The third-order valence-electron chi connectivity index (χ3n) is 9.36. The molecule has 0 saturated carbocycles. The van der Waals surface area contributed by atoms with Gasteiger partial charge < -0.3 is 44.5 Å². The van der Waals surface area contributed by atoms with Crippen molar-refractivity contribution in [1.82, 2.24) is 15.5 Å². The van der Waals surface area contributed by atoms with Crippen molar-refractivity contribution in [2.24, 2.45) is 0 Å². The van der Waals surface area contributed by atoms with Crippen LogP contribution in [0.4, 0.5) is 0 Å². The molecule has 13 nitrogen and oxygen atoms in total. The van der Waals surface area contributed by atoms with Crippen LogP contribution in [0.1, 0.15) is 64.6 Å². The van der Waals surface area contributed by atoms with Gasteiger partial charge in [-0.25, -0.2) is 4.79 Å². The zero-order valence-corrected chi connectivity index (χ0v) is 26.3. The van der Waals surface area contributed by atoms with Crippen molar-refractivity contribution in [2.45, 2.75) is 75.8 Å². The second-order valence-corrected chi connectivity index (χ2v) is 13.2. The van der Waals surface area contributed by atoms with Gasteiger partial charge in [-0.1, -0.05) is 6.07 Å². The van der Waals surface area contributed by atoms with Crippen molar-refractivity contribution in [2.75, 3.05) is 26.3 Å². The van der Waals surface area contributed by atoms with Crippen LogP contribution in [0, 0.1) is 13.8 Å². The van der Waals surface area contributed by atoms with E-state index in [0.717, 1.165) is 11.1 Å². The monoisotopic (exact) mass is 641 g/mol. The molecular formula is C31H35N3O10S. The van der Waals surface area contributed by atoms with E-state index in [9.17, 15) is 24.6 Å². The number of piperazine rings is 1. The number of ether oxygens (including phenoxy) is 5. The molecule has 2 fully saturated rings. The van der Waals surface area contributed by atoms with Crippen molar-refractivity contribution in [3.05, 3.63) is 39.4 Å². The van der Waals surface area contributed by atoms with Crippen LogP contribution in [0.25, 0.3) is 0 Å². The van der Waals surface area contributed by atoms with Crippen LogP contribution in [0.3, 0.4) is 0 Å². The van der Waals surface area contributed by atoms with E-state index in [2.05, 4.69) is 10.6 Å². The molecule has 1 amide bonds. The van der Waals surface area contributed by atoms with Crippen molar-refractivity contribution in [3.8, 4) is 28.7 Å². The predicted molar refractivity (Wildman–Crippen MR) is 160 cm³/mol. The summed E-state index contributed by atoms with van der Waals surface area (Å²) in [5.74, 6) is 0.164. The zero-order chi connectivity index (χ0) is 31.9. The fourth-order valence-corrected chi connectivity index (χ4v) is 9.25.